The molecule has 4 aromatic rings. The van der Waals surface area contributed by atoms with Gasteiger partial charge in [-0.3, -0.25) is 5.41 Å². The Morgan fingerprint density at radius 3 is 2.14 bits per heavy atom. The summed E-state index contributed by atoms with van der Waals surface area (Å²) in [6.45, 7) is 0. The fraction of sp³-hybridized carbons (Fsp3) is 0.0476. The predicted octanol–water partition coefficient (Wildman–Crippen LogP) is 5.33. The number of hydrogen-bond donors (Lipinski definition) is 3. The lowest BCUT2D eigenvalue weighted by Gasteiger charge is -2.07. The van der Waals surface area contributed by atoms with Crippen molar-refractivity contribution in [3.8, 4) is 22.9 Å². The Hall–Kier alpha value is -3.81. The van der Waals surface area contributed by atoms with E-state index in [0.29, 0.717) is 39.5 Å². The van der Waals surface area contributed by atoms with Crippen molar-refractivity contribution >= 4 is 16.9 Å². The molecule has 8 heteroatoms. The number of H-pyrrole nitrogens is 1. The van der Waals surface area contributed by atoms with Gasteiger partial charge in [-0.25, -0.2) is 4.98 Å². The van der Waals surface area contributed by atoms with Crippen molar-refractivity contribution in [2.24, 2.45) is 5.73 Å². The molecule has 0 bridgehead atoms. The number of hydrogen-bond acceptors (Lipinski definition) is 3. The monoisotopic (exact) mass is 396 g/mol. The van der Waals surface area contributed by atoms with Gasteiger partial charge in [-0.1, -0.05) is 0 Å². The van der Waals surface area contributed by atoms with Crippen LogP contribution in [0.4, 0.5) is 13.2 Å². The first-order chi connectivity index (χ1) is 13.8. The van der Waals surface area contributed by atoms with E-state index in [9.17, 15) is 13.2 Å². The Kier molecular flexibility index (Phi) is 4.46. The van der Waals surface area contributed by atoms with Gasteiger partial charge in [0.2, 0.25) is 0 Å². The van der Waals surface area contributed by atoms with Crippen molar-refractivity contribution in [1.82, 2.24) is 9.97 Å². The number of benzene rings is 3. The smallest absolute Gasteiger partial charge is 0.416 e. The van der Waals surface area contributed by atoms with Gasteiger partial charge in [0.15, 0.2) is 0 Å². The van der Waals surface area contributed by atoms with E-state index >= 15 is 0 Å². The van der Waals surface area contributed by atoms with Crippen molar-refractivity contribution in [3.63, 3.8) is 0 Å². The third-order valence-corrected chi connectivity index (χ3v) is 4.34. The maximum atomic E-state index is 12.9. The molecule has 0 amide bonds. The molecule has 0 aliphatic rings. The van der Waals surface area contributed by atoms with E-state index < -0.39 is 11.7 Å². The molecular weight excluding hydrogens is 381 g/mol. The lowest BCUT2D eigenvalue weighted by atomic mass is 10.2. The van der Waals surface area contributed by atoms with Crippen LogP contribution in [0.5, 0.6) is 11.5 Å². The number of aromatic nitrogens is 2. The number of nitrogen functional groups attached to an aromatic ring is 1. The second-order valence-electron chi connectivity index (χ2n) is 6.38. The van der Waals surface area contributed by atoms with Gasteiger partial charge in [0.05, 0.1) is 16.6 Å². The van der Waals surface area contributed by atoms with E-state index in [2.05, 4.69) is 9.97 Å². The molecule has 4 N–H and O–H groups in total. The Bertz CT molecular complexity index is 1180. The zero-order chi connectivity index (χ0) is 20.6. The largest absolute Gasteiger partial charge is 0.457 e. The van der Waals surface area contributed by atoms with Crippen LogP contribution < -0.4 is 10.5 Å². The molecule has 3 aromatic carbocycles. The van der Waals surface area contributed by atoms with Gasteiger partial charge in [0.1, 0.15) is 23.2 Å². The van der Waals surface area contributed by atoms with Crippen LogP contribution >= 0.6 is 0 Å². The molecule has 0 saturated heterocycles. The van der Waals surface area contributed by atoms with Crippen LogP contribution in [0.3, 0.4) is 0 Å². The summed E-state index contributed by atoms with van der Waals surface area (Å²) in [5.74, 6) is 1.62. The summed E-state index contributed by atoms with van der Waals surface area (Å²) in [6.07, 6.45) is -4.40. The number of nitrogens with two attached hydrogens (primary N) is 1. The molecule has 0 aliphatic heterocycles. The number of nitrogens with one attached hydrogen (secondary N) is 2. The number of imidazole rings is 1. The summed E-state index contributed by atoms with van der Waals surface area (Å²) in [7, 11) is 0. The number of fused-ring (bicyclic) bond motifs is 1. The molecule has 0 spiro atoms. The maximum absolute atomic E-state index is 12.9. The number of alkyl halides is 3. The number of aromatic amines is 1. The van der Waals surface area contributed by atoms with Gasteiger partial charge in [-0.2, -0.15) is 13.2 Å². The van der Waals surface area contributed by atoms with E-state index in [1.54, 1.807) is 48.5 Å². The molecule has 0 fully saturated rings. The molecule has 0 radical (unpaired) electrons. The number of ether oxygens (including phenoxy) is 1. The third kappa shape index (κ3) is 3.91. The second kappa shape index (κ2) is 6.97. The highest BCUT2D eigenvalue weighted by Gasteiger charge is 2.30. The van der Waals surface area contributed by atoms with Crippen LogP contribution in [0.2, 0.25) is 0 Å². The van der Waals surface area contributed by atoms with E-state index in [4.69, 9.17) is 15.9 Å². The van der Waals surface area contributed by atoms with Crippen LogP contribution in [-0.4, -0.2) is 15.8 Å². The quantitative estimate of drug-likeness (QED) is 0.322. The summed E-state index contributed by atoms with van der Waals surface area (Å²) in [4.78, 5) is 7.28. The lowest BCUT2D eigenvalue weighted by Crippen LogP contribution is -2.10. The van der Waals surface area contributed by atoms with E-state index in [1.807, 2.05) is 0 Å². The van der Waals surface area contributed by atoms with Gasteiger partial charge in [0, 0.05) is 11.1 Å². The average molecular weight is 396 g/mol. The van der Waals surface area contributed by atoms with E-state index in [1.165, 1.54) is 6.07 Å². The minimum Gasteiger partial charge on any atom is -0.457 e. The zero-order valence-electron chi connectivity index (χ0n) is 14.9. The second-order valence-corrected chi connectivity index (χ2v) is 6.38. The number of halogens is 3. The highest BCUT2D eigenvalue weighted by Crippen LogP contribution is 2.32. The van der Waals surface area contributed by atoms with E-state index in [0.717, 1.165) is 12.1 Å². The summed E-state index contributed by atoms with van der Waals surface area (Å²) in [5, 5.41) is 7.39. The summed E-state index contributed by atoms with van der Waals surface area (Å²) in [6, 6.07) is 17.2. The number of amidine groups is 1. The maximum Gasteiger partial charge on any atom is 0.416 e. The van der Waals surface area contributed by atoms with Gasteiger partial charge in [0.25, 0.3) is 0 Å². The van der Waals surface area contributed by atoms with Crippen LogP contribution in [0.25, 0.3) is 22.4 Å². The molecule has 5 nitrogen and oxygen atoms in total. The minimum atomic E-state index is -4.40. The van der Waals surface area contributed by atoms with Crippen molar-refractivity contribution in [3.05, 3.63) is 77.9 Å². The van der Waals surface area contributed by atoms with Gasteiger partial charge in [-0.05, 0) is 66.7 Å². The van der Waals surface area contributed by atoms with Crippen LogP contribution in [0.1, 0.15) is 11.1 Å². The van der Waals surface area contributed by atoms with Crippen LogP contribution in [0, 0.1) is 5.41 Å². The SMILES string of the molecule is N=C(N)c1ccc(Oc2ccc(-c3nc4ccc(C(F)(F)F)cc4[nH]3)cc2)cc1. The van der Waals surface area contributed by atoms with Crippen molar-refractivity contribution < 1.29 is 17.9 Å². The Morgan fingerprint density at radius 1 is 0.931 bits per heavy atom. The molecular formula is C21H15F3N4O. The fourth-order valence-electron chi connectivity index (χ4n) is 2.84. The van der Waals surface area contributed by atoms with E-state index in [-0.39, 0.29) is 5.84 Å². The predicted molar refractivity (Wildman–Crippen MR) is 104 cm³/mol. The van der Waals surface area contributed by atoms with Crippen LogP contribution in [0.15, 0.2) is 66.7 Å². The van der Waals surface area contributed by atoms with Crippen molar-refractivity contribution in [2.75, 3.05) is 0 Å². The topological polar surface area (TPSA) is 87.8 Å². The molecule has 0 aliphatic carbocycles. The standard InChI is InChI=1S/C21H15F3N4O/c22-21(23,24)14-5-10-17-18(11-14)28-20(27-17)13-3-8-16(9-4-13)29-15-6-1-12(2-7-15)19(25)26/h1-11H,(H3,25,26)(H,27,28). The molecule has 1 heterocycles. The summed E-state index contributed by atoms with van der Waals surface area (Å²) >= 11 is 0. The zero-order valence-corrected chi connectivity index (χ0v) is 14.9. The Labute approximate surface area is 163 Å². The van der Waals surface area contributed by atoms with Crippen LogP contribution in [-0.2, 0) is 6.18 Å². The third-order valence-electron chi connectivity index (χ3n) is 4.34. The Morgan fingerprint density at radius 2 is 1.55 bits per heavy atom. The van der Waals surface area contributed by atoms with Gasteiger partial charge < -0.3 is 15.5 Å². The minimum absolute atomic E-state index is 0.0194. The molecule has 0 unspecified atom stereocenters. The summed E-state index contributed by atoms with van der Waals surface area (Å²) in [5.41, 5.74) is 6.80. The van der Waals surface area contributed by atoms with Crippen molar-refractivity contribution in [1.29, 1.82) is 5.41 Å². The highest BCUT2D eigenvalue weighted by atomic mass is 19.4. The first-order valence-corrected chi connectivity index (χ1v) is 8.59. The number of rotatable bonds is 4. The number of nitrogens with zero attached hydrogens (tertiary/aromatic N) is 1. The fourth-order valence-corrected chi connectivity index (χ4v) is 2.84. The normalized spacial score (nSPS) is 11.6. The van der Waals surface area contributed by atoms with Crippen molar-refractivity contribution in [2.45, 2.75) is 6.18 Å². The molecule has 146 valence electrons. The lowest BCUT2D eigenvalue weighted by molar-refractivity contribution is -0.137. The van der Waals surface area contributed by atoms with Gasteiger partial charge in [-0.15, -0.1) is 0 Å². The molecule has 29 heavy (non-hydrogen) atoms. The first kappa shape index (κ1) is 18.5. The average Bonchev–Trinajstić information content (AvgIpc) is 3.11. The van der Waals surface area contributed by atoms with Gasteiger partial charge >= 0.3 is 6.18 Å². The Balaban J connectivity index is 1.55. The first-order valence-electron chi connectivity index (χ1n) is 8.59. The highest BCUT2D eigenvalue weighted by molar-refractivity contribution is 5.95. The molecule has 4 rings (SSSR count). The molecule has 1 aromatic heterocycles. The molecule has 0 saturated carbocycles. The summed E-state index contributed by atoms with van der Waals surface area (Å²) < 4.78 is 44.3. The molecule has 0 atom stereocenters.